The maximum Gasteiger partial charge on any atom is 0.123 e. The molecular formula is C36H37F2P. The van der Waals surface area contributed by atoms with Crippen LogP contribution >= 0.6 is 7.92 Å². The molecule has 200 valence electrons. The van der Waals surface area contributed by atoms with E-state index in [0.29, 0.717) is 0 Å². The highest BCUT2D eigenvalue weighted by Crippen LogP contribution is 2.57. The minimum absolute atomic E-state index is 0.228. The van der Waals surface area contributed by atoms with Crippen molar-refractivity contribution in [2.75, 3.05) is 0 Å². The number of hydrogen-bond acceptors (Lipinski definition) is 0. The molecule has 0 atom stereocenters. The summed E-state index contributed by atoms with van der Waals surface area (Å²) in [5.41, 5.74) is 8.27. The van der Waals surface area contributed by atoms with Gasteiger partial charge in [-0.15, -0.1) is 0 Å². The van der Waals surface area contributed by atoms with Gasteiger partial charge in [0, 0.05) is 0 Å². The summed E-state index contributed by atoms with van der Waals surface area (Å²) in [5, 5.41) is 1.53. The Bertz CT molecular complexity index is 1300. The van der Waals surface area contributed by atoms with Crippen LogP contribution in [0.5, 0.6) is 0 Å². The van der Waals surface area contributed by atoms with Crippen molar-refractivity contribution in [3.05, 3.63) is 103 Å². The van der Waals surface area contributed by atoms with Crippen LogP contribution in [-0.2, 0) is 0 Å². The summed E-state index contributed by atoms with van der Waals surface area (Å²) in [6, 6.07) is 29.3. The fourth-order valence-corrected chi connectivity index (χ4v) is 10.9. The van der Waals surface area contributed by atoms with E-state index in [9.17, 15) is 8.78 Å². The largest absolute Gasteiger partial charge is 0.207 e. The molecule has 2 aliphatic carbocycles. The second-order valence-corrected chi connectivity index (χ2v) is 14.0. The average molecular weight is 539 g/mol. The Morgan fingerprint density at radius 1 is 0.462 bits per heavy atom. The zero-order valence-corrected chi connectivity index (χ0v) is 23.5. The lowest BCUT2D eigenvalue weighted by molar-refractivity contribution is 0.487. The molecule has 0 unspecified atom stereocenters. The highest BCUT2D eigenvalue weighted by Gasteiger charge is 2.34. The van der Waals surface area contributed by atoms with Crippen LogP contribution in [0.15, 0.2) is 91.0 Å². The van der Waals surface area contributed by atoms with Gasteiger partial charge in [0.2, 0.25) is 0 Å². The molecule has 4 aromatic carbocycles. The zero-order valence-electron chi connectivity index (χ0n) is 22.6. The second kappa shape index (κ2) is 12.1. The van der Waals surface area contributed by atoms with E-state index in [2.05, 4.69) is 42.5 Å². The molecule has 6 rings (SSSR count). The van der Waals surface area contributed by atoms with Crippen molar-refractivity contribution in [2.45, 2.75) is 75.5 Å². The van der Waals surface area contributed by atoms with Gasteiger partial charge in [-0.25, -0.2) is 8.78 Å². The monoisotopic (exact) mass is 538 g/mol. The molecule has 0 N–H and O–H groups in total. The number of rotatable bonds is 6. The third kappa shape index (κ3) is 5.73. The van der Waals surface area contributed by atoms with Gasteiger partial charge in [0.1, 0.15) is 11.6 Å². The zero-order chi connectivity index (χ0) is 26.6. The van der Waals surface area contributed by atoms with Crippen LogP contribution in [0.3, 0.4) is 0 Å². The second-order valence-electron chi connectivity index (χ2n) is 11.3. The Hall–Kier alpha value is -2.83. The molecule has 0 radical (unpaired) electrons. The van der Waals surface area contributed by atoms with Gasteiger partial charge in [0.15, 0.2) is 0 Å². The van der Waals surface area contributed by atoms with Crippen LogP contribution in [0.25, 0.3) is 33.4 Å². The van der Waals surface area contributed by atoms with E-state index in [1.807, 2.05) is 24.3 Å². The topological polar surface area (TPSA) is 0 Å². The molecule has 2 saturated carbocycles. The SMILES string of the molecule is Fc1ccc(-c2cccc(-c3ccc(F)cc3)c2-c2ccccc2P(C2CCCCC2)C2CCCCC2)cc1. The molecule has 2 aliphatic rings. The van der Waals surface area contributed by atoms with E-state index in [0.717, 1.165) is 33.6 Å². The fraction of sp³-hybridized carbons (Fsp3) is 0.333. The van der Waals surface area contributed by atoms with Crippen LogP contribution in [0.1, 0.15) is 64.2 Å². The molecule has 0 aromatic heterocycles. The Morgan fingerprint density at radius 2 is 0.897 bits per heavy atom. The first-order valence-electron chi connectivity index (χ1n) is 14.7. The molecule has 4 aromatic rings. The van der Waals surface area contributed by atoms with E-state index < -0.39 is 0 Å². The maximum absolute atomic E-state index is 14.0. The van der Waals surface area contributed by atoms with Gasteiger partial charge in [-0.2, -0.15) is 0 Å². The number of benzene rings is 4. The Labute approximate surface area is 233 Å². The summed E-state index contributed by atoms with van der Waals surface area (Å²) in [6.07, 6.45) is 13.5. The van der Waals surface area contributed by atoms with E-state index >= 15 is 0 Å². The Kier molecular flexibility index (Phi) is 8.21. The van der Waals surface area contributed by atoms with Crippen LogP contribution in [0.4, 0.5) is 8.78 Å². The summed E-state index contributed by atoms with van der Waals surface area (Å²) in [7, 11) is -0.329. The first kappa shape index (κ1) is 26.4. The van der Waals surface area contributed by atoms with Crippen LogP contribution in [0, 0.1) is 11.6 Å². The summed E-state index contributed by atoms with van der Waals surface area (Å²) >= 11 is 0. The van der Waals surface area contributed by atoms with Crippen molar-refractivity contribution in [1.82, 2.24) is 0 Å². The summed E-state index contributed by atoms with van der Waals surface area (Å²) < 4.78 is 27.9. The molecule has 0 nitrogen and oxygen atoms in total. The van der Waals surface area contributed by atoms with Gasteiger partial charge >= 0.3 is 0 Å². The van der Waals surface area contributed by atoms with Crippen molar-refractivity contribution in [3.8, 4) is 33.4 Å². The maximum atomic E-state index is 14.0. The summed E-state index contributed by atoms with van der Waals surface area (Å²) in [6.45, 7) is 0. The standard InChI is InChI=1S/C36H37F2P/c37-28-22-18-26(19-23-28)32-15-9-16-33(27-20-24-29(38)25-21-27)36(32)34-14-7-8-17-35(34)39(30-10-3-1-4-11-30)31-12-5-2-6-13-31/h7-9,14-25,30-31H,1-6,10-13H2. The first-order chi connectivity index (χ1) is 19.2. The van der Waals surface area contributed by atoms with E-state index in [4.69, 9.17) is 0 Å². The molecule has 39 heavy (non-hydrogen) atoms. The molecule has 3 heteroatoms. The molecule has 0 aliphatic heterocycles. The summed E-state index contributed by atoms with van der Waals surface area (Å²) in [5.74, 6) is -0.456. The molecule has 0 bridgehead atoms. The fourth-order valence-electron chi connectivity index (χ4n) is 6.90. The molecule has 2 fully saturated rings. The number of halogens is 2. The van der Waals surface area contributed by atoms with Gasteiger partial charge < -0.3 is 0 Å². The molecular weight excluding hydrogens is 501 g/mol. The lowest BCUT2D eigenvalue weighted by Gasteiger charge is -2.40. The first-order valence-corrected chi connectivity index (χ1v) is 16.2. The highest BCUT2D eigenvalue weighted by atomic mass is 31.1. The third-order valence-corrected chi connectivity index (χ3v) is 12.3. The van der Waals surface area contributed by atoms with E-state index in [1.165, 1.54) is 80.6 Å². The predicted octanol–water partition coefficient (Wildman–Crippen LogP) is 10.7. The Balaban J connectivity index is 1.57. The third-order valence-electron chi connectivity index (χ3n) is 8.76. The molecule has 0 spiro atoms. The summed E-state index contributed by atoms with van der Waals surface area (Å²) in [4.78, 5) is 0. The van der Waals surface area contributed by atoms with Gasteiger partial charge in [-0.05, 0) is 100.0 Å². The lowest BCUT2D eigenvalue weighted by atomic mass is 9.87. The van der Waals surface area contributed by atoms with Crippen molar-refractivity contribution < 1.29 is 8.78 Å². The van der Waals surface area contributed by atoms with E-state index in [-0.39, 0.29) is 19.6 Å². The van der Waals surface area contributed by atoms with E-state index in [1.54, 1.807) is 24.3 Å². The number of hydrogen-bond donors (Lipinski definition) is 0. The van der Waals surface area contributed by atoms with Crippen molar-refractivity contribution in [2.24, 2.45) is 0 Å². The quantitative estimate of drug-likeness (QED) is 0.214. The lowest BCUT2D eigenvalue weighted by Crippen LogP contribution is -2.27. The smallest absolute Gasteiger partial charge is 0.123 e. The Morgan fingerprint density at radius 3 is 1.38 bits per heavy atom. The minimum atomic E-state index is -0.329. The van der Waals surface area contributed by atoms with Crippen molar-refractivity contribution >= 4 is 13.2 Å². The average Bonchev–Trinajstić information content (AvgIpc) is 2.99. The predicted molar refractivity (Wildman–Crippen MR) is 163 cm³/mol. The molecule has 0 saturated heterocycles. The minimum Gasteiger partial charge on any atom is -0.207 e. The normalized spacial score (nSPS) is 17.0. The van der Waals surface area contributed by atoms with Crippen LogP contribution < -0.4 is 5.30 Å². The molecule has 0 heterocycles. The van der Waals surface area contributed by atoms with Crippen LogP contribution in [0.2, 0.25) is 0 Å². The van der Waals surface area contributed by atoms with Crippen LogP contribution in [-0.4, -0.2) is 11.3 Å². The van der Waals surface area contributed by atoms with Gasteiger partial charge in [-0.1, -0.05) is 113 Å². The van der Waals surface area contributed by atoms with Crippen molar-refractivity contribution in [1.29, 1.82) is 0 Å². The van der Waals surface area contributed by atoms with Gasteiger partial charge in [-0.3, -0.25) is 0 Å². The van der Waals surface area contributed by atoms with Crippen molar-refractivity contribution in [3.63, 3.8) is 0 Å². The van der Waals surface area contributed by atoms with Gasteiger partial charge in [0.25, 0.3) is 0 Å². The molecule has 0 amide bonds. The van der Waals surface area contributed by atoms with Gasteiger partial charge in [0.05, 0.1) is 0 Å². The highest BCUT2D eigenvalue weighted by molar-refractivity contribution is 7.67.